The zero-order valence-corrected chi connectivity index (χ0v) is 13.9. The van der Waals surface area contributed by atoms with Gasteiger partial charge >= 0.3 is 6.03 Å². The number of aryl methyl sites for hydroxylation is 1. The maximum atomic E-state index is 12.0. The highest BCUT2D eigenvalue weighted by atomic mass is 32.1. The van der Waals surface area contributed by atoms with Crippen LogP contribution in [-0.4, -0.2) is 22.1 Å². The van der Waals surface area contributed by atoms with Crippen LogP contribution < -0.4 is 16.4 Å². The first kappa shape index (κ1) is 16.7. The minimum absolute atomic E-state index is 0.193. The van der Waals surface area contributed by atoms with E-state index in [-0.39, 0.29) is 12.3 Å². The molecule has 3 amide bonds. The number of hydrogen-bond acceptors (Lipinski definition) is 6. The van der Waals surface area contributed by atoms with E-state index in [4.69, 9.17) is 10.3 Å². The van der Waals surface area contributed by atoms with Crippen molar-refractivity contribution in [2.75, 3.05) is 10.6 Å². The minimum atomic E-state index is -0.665. The van der Waals surface area contributed by atoms with Crippen LogP contribution in [0.25, 0.3) is 11.4 Å². The number of carbonyl (C=O) groups excluding carboxylic acids is 2. The highest BCUT2D eigenvalue weighted by Crippen LogP contribution is 2.19. The number of anilines is 2. The summed E-state index contributed by atoms with van der Waals surface area (Å²) < 4.78 is 5.15. The maximum Gasteiger partial charge on any atom is 0.316 e. The van der Waals surface area contributed by atoms with Gasteiger partial charge in [-0.15, -0.1) is 0 Å². The van der Waals surface area contributed by atoms with Gasteiger partial charge in [0.05, 0.1) is 0 Å². The van der Waals surface area contributed by atoms with E-state index in [9.17, 15) is 9.59 Å². The van der Waals surface area contributed by atoms with Crippen molar-refractivity contribution in [2.45, 2.75) is 12.8 Å². The summed E-state index contributed by atoms with van der Waals surface area (Å²) in [5.74, 6) is 0.717. The second-order valence-electron chi connectivity index (χ2n) is 5.14. The van der Waals surface area contributed by atoms with Crippen molar-refractivity contribution in [3.8, 4) is 11.4 Å². The first-order valence-corrected chi connectivity index (χ1v) is 8.36. The lowest BCUT2D eigenvalue weighted by molar-refractivity contribution is -0.116. The quantitative estimate of drug-likeness (QED) is 0.626. The number of amides is 3. The molecule has 25 heavy (non-hydrogen) atoms. The zero-order chi connectivity index (χ0) is 17.6. The van der Waals surface area contributed by atoms with E-state index < -0.39 is 6.03 Å². The van der Waals surface area contributed by atoms with E-state index in [1.807, 2.05) is 16.8 Å². The number of primary amides is 1. The van der Waals surface area contributed by atoms with Crippen LogP contribution in [0.4, 0.5) is 16.2 Å². The number of nitrogens with two attached hydrogens (primary N) is 1. The van der Waals surface area contributed by atoms with Crippen LogP contribution in [0.15, 0.2) is 45.6 Å². The Morgan fingerprint density at radius 2 is 2.00 bits per heavy atom. The van der Waals surface area contributed by atoms with Gasteiger partial charge in [0.15, 0.2) is 0 Å². The number of nitrogens with one attached hydrogen (secondary N) is 2. The van der Waals surface area contributed by atoms with Crippen LogP contribution in [0, 0.1) is 0 Å². The number of nitrogens with zero attached hydrogens (tertiary/aromatic N) is 2. The third-order valence-corrected chi connectivity index (χ3v) is 3.91. The monoisotopic (exact) mass is 357 g/mol. The van der Waals surface area contributed by atoms with E-state index in [1.165, 1.54) is 0 Å². The first-order chi connectivity index (χ1) is 12.1. The molecule has 128 valence electrons. The Kier molecular flexibility index (Phi) is 5.05. The molecule has 0 aliphatic heterocycles. The molecule has 1 aromatic carbocycles. The van der Waals surface area contributed by atoms with Crippen LogP contribution in [0.3, 0.4) is 0 Å². The van der Waals surface area contributed by atoms with Gasteiger partial charge in [-0.25, -0.2) is 4.79 Å². The van der Waals surface area contributed by atoms with Gasteiger partial charge in [-0.3, -0.25) is 4.79 Å². The Hall–Kier alpha value is -3.20. The molecule has 0 aliphatic carbocycles. The van der Waals surface area contributed by atoms with Crippen LogP contribution in [0.1, 0.15) is 12.3 Å². The van der Waals surface area contributed by atoms with E-state index >= 15 is 0 Å². The normalized spacial score (nSPS) is 10.4. The van der Waals surface area contributed by atoms with Crippen LogP contribution in [0.2, 0.25) is 0 Å². The number of rotatable bonds is 6. The molecule has 0 saturated heterocycles. The average molecular weight is 357 g/mol. The standard InChI is InChI=1S/C16H15N5O3S/c17-16(23)19-12-3-1-2-11(8-12)18-13(22)4-5-14-20-15(21-24-14)10-6-7-25-9-10/h1-3,6-9H,4-5H2,(H,18,22)(H3,17,19,23). The number of thiophene rings is 1. The van der Waals surface area contributed by atoms with Crippen molar-refractivity contribution in [3.05, 3.63) is 47.0 Å². The van der Waals surface area contributed by atoms with Crippen molar-refractivity contribution in [3.63, 3.8) is 0 Å². The fraction of sp³-hybridized carbons (Fsp3) is 0.125. The highest BCUT2D eigenvalue weighted by Gasteiger charge is 2.11. The molecule has 2 aromatic heterocycles. The molecule has 0 bridgehead atoms. The minimum Gasteiger partial charge on any atom is -0.351 e. The Labute approximate surface area is 147 Å². The Bertz CT molecular complexity index is 876. The summed E-state index contributed by atoms with van der Waals surface area (Å²) in [7, 11) is 0. The fourth-order valence-electron chi connectivity index (χ4n) is 2.13. The molecule has 8 nitrogen and oxygen atoms in total. The Balaban J connectivity index is 1.54. The topological polar surface area (TPSA) is 123 Å². The highest BCUT2D eigenvalue weighted by molar-refractivity contribution is 7.08. The van der Waals surface area contributed by atoms with Gasteiger partial charge in [0.1, 0.15) is 0 Å². The molecule has 0 aliphatic rings. The smallest absolute Gasteiger partial charge is 0.316 e. The molecule has 3 aromatic rings. The largest absolute Gasteiger partial charge is 0.351 e. The lowest BCUT2D eigenvalue weighted by atomic mass is 10.2. The van der Waals surface area contributed by atoms with Crippen LogP contribution in [-0.2, 0) is 11.2 Å². The van der Waals surface area contributed by atoms with Crippen molar-refractivity contribution < 1.29 is 14.1 Å². The fourth-order valence-corrected chi connectivity index (χ4v) is 2.76. The molecule has 2 heterocycles. The van der Waals surface area contributed by atoms with Gasteiger partial charge in [0.2, 0.25) is 17.6 Å². The first-order valence-electron chi connectivity index (χ1n) is 7.42. The predicted molar refractivity (Wildman–Crippen MR) is 94.2 cm³/mol. The number of carbonyl (C=O) groups is 2. The molecular formula is C16H15N5O3S. The van der Waals surface area contributed by atoms with Gasteiger partial charge in [0, 0.05) is 35.2 Å². The van der Waals surface area contributed by atoms with Gasteiger partial charge < -0.3 is 20.9 Å². The number of benzene rings is 1. The van der Waals surface area contributed by atoms with Crippen molar-refractivity contribution >= 4 is 34.6 Å². The molecule has 0 spiro atoms. The number of hydrogen-bond donors (Lipinski definition) is 3. The molecule has 9 heteroatoms. The summed E-state index contributed by atoms with van der Waals surface area (Å²) in [4.78, 5) is 27.2. The van der Waals surface area contributed by atoms with Gasteiger partial charge in [-0.2, -0.15) is 16.3 Å². The van der Waals surface area contributed by atoms with E-state index in [2.05, 4.69) is 20.8 Å². The third kappa shape index (κ3) is 4.64. The molecule has 0 unspecified atom stereocenters. The molecule has 0 saturated carbocycles. The zero-order valence-electron chi connectivity index (χ0n) is 13.1. The Morgan fingerprint density at radius 3 is 2.72 bits per heavy atom. The van der Waals surface area contributed by atoms with E-state index in [0.717, 1.165) is 5.56 Å². The van der Waals surface area contributed by atoms with Crippen LogP contribution >= 0.6 is 11.3 Å². The average Bonchev–Trinajstić information content (AvgIpc) is 3.24. The Morgan fingerprint density at radius 1 is 1.20 bits per heavy atom. The summed E-state index contributed by atoms with van der Waals surface area (Å²) in [5.41, 5.74) is 7.02. The molecule has 0 fully saturated rings. The molecular weight excluding hydrogens is 342 g/mol. The van der Waals surface area contributed by atoms with Crippen molar-refractivity contribution in [1.82, 2.24) is 10.1 Å². The molecule has 4 N–H and O–H groups in total. The summed E-state index contributed by atoms with van der Waals surface area (Å²) in [6.45, 7) is 0. The number of urea groups is 1. The lowest BCUT2D eigenvalue weighted by Gasteiger charge is -2.07. The number of aromatic nitrogens is 2. The lowest BCUT2D eigenvalue weighted by Crippen LogP contribution is -2.19. The summed E-state index contributed by atoms with van der Waals surface area (Å²) in [5, 5.41) is 12.9. The van der Waals surface area contributed by atoms with Gasteiger partial charge in [-0.1, -0.05) is 11.2 Å². The summed E-state index contributed by atoms with van der Waals surface area (Å²) in [6, 6.07) is 7.94. The SMILES string of the molecule is NC(=O)Nc1cccc(NC(=O)CCc2nc(-c3ccsc3)no2)c1. The van der Waals surface area contributed by atoms with Crippen molar-refractivity contribution in [2.24, 2.45) is 5.73 Å². The molecule has 0 atom stereocenters. The predicted octanol–water partition coefficient (Wildman–Crippen LogP) is 2.86. The van der Waals surface area contributed by atoms with Crippen molar-refractivity contribution in [1.29, 1.82) is 0 Å². The van der Waals surface area contributed by atoms with E-state index in [0.29, 0.717) is 29.5 Å². The van der Waals surface area contributed by atoms with Gasteiger partial charge in [0.25, 0.3) is 0 Å². The van der Waals surface area contributed by atoms with Crippen LogP contribution in [0.5, 0.6) is 0 Å². The molecule has 0 radical (unpaired) electrons. The summed E-state index contributed by atoms with van der Waals surface area (Å²) in [6.07, 6.45) is 0.529. The summed E-state index contributed by atoms with van der Waals surface area (Å²) >= 11 is 1.55. The van der Waals surface area contributed by atoms with E-state index in [1.54, 1.807) is 35.6 Å². The van der Waals surface area contributed by atoms with Gasteiger partial charge in [-0.05, 0) is 29.6 Å². The second kappa shape index (κ2) is 7.58. The maximum absolute atomic E-state index is 12.0. The molecule has 3 rings (SSSR count). The third-order valence-electron chi connectivity index (χ3n) is 3.23. The second-order valence-corrected chi connectivity index (χ2v) is 5.92.